The molecule has 32 heavy (non-hydrogen) atoms. The molecular weight excluding hydrogens is 773 g/mol. The Kier molecular flexibility index (Phi) is 14.2. The Morgan fingerprint density at radius 1 is 0.875 bits per heavy atom. The lowest BCUT2D eigenvalue weighted by molar-refractivity contribution is -0.136. The number of aliphatic hydroxyl groups excluding tert-OH is 5. The van der Waals surface area contributed by atoms with Gasteiger partial charge in [0.05, 0.1) is 34.3 Å². The van der Waals surface area contributed by atoms with Crippen molar-refractivity contribution in [3.63, 3.8) is 0 Å². The quantitative estimate of drug-likeness (QED) is 0.128. The van der Waals surface area contributed by atoms with Crippen LogP contribution in [0.5, 0.6) is 0 Å². The second-order valence-corrected chi connectivity index (χ2v) is 9.33. The van der Waals surface area contributed by atoms with E-state index in [2.05, 4.69) is 10.6 Å². The fourth-order valence-electron chi connectivity index (χ4n) is 2.04. The van der Waals surface area contributed by atoms with Crippen LogP contribution in [0.3, 0.4) is 0 Å². The van der Waals surface area contributed by atoms with Gasteiger partial charge in [-0.2, -0.15) is 0 Å². The zero-order chi connectivity index (χ0) is 25.3. The number of carboxylic acid groups (broad SMARTS) is 1. The Balaban J connectivity index is 0.000000687. The van der Waals surface area contributed by atoms with Crippen LogP contribution in [-0.2, 0) is 14.4 Å². The Bertz CT molecular complexity index is 824. The molecule has 12 nitrogen and oxygen atoms in total. The highest BCUT2D eigenvalue weighted by Crippen LogP contribution is 2.38. The monoisotopic (exact) mass is 794 g/mol. The molecule has 0 heterocycles. The first-order valence-corrected chi connectivity index (χ1v) is 11.7. The lowest BCUT2D eigenvalue weighted by Gasteiger charge is -2.22. The number of aldehydes is 1. The Morgan fingerprint density at radius 3 is 1.56 bits per heavy atom. The summed E-state index contributed by atoms with van der Waals surface area (Å²) in [4.78, 5) is 43.8. The number of carbonyl (C=O) groups is 4. The third kappa shape index (κ3) is 8.91. The van der Waals surface area contributed by atoms with Crippen molar-refractivity contribution in [3.05, 3.63) is 16.3 Å². The molecule has 0 unspecified atom stereocenters. The number of hydrogen-bond donors (Lipinski definition) is 8. The van der Waals surface area contributed by atoms with Crippen LogP contribution in [0.15, 0.2) is 0 Å². The first-order chi connectivity index (χ1) is 14.7. The van der Waals surface area contributed by atoms with E-state index in [-0.39, 0.29) is 23.7 Å². The standard InChI is InChI=1S/C11H9I3N2O4.C6H12O6/c1-3(17)15-9-6(12)5(11(19)20)7(13)10(8(9)14)16-4(2)18;7-1-3(9)5(11)6(12)4(10)2-8/h1-2H3,(H,15,17)(H,16,18)(H,19,20);1,3-6,8-12H,2H2/t;3-,4+,5+,6+/m.0/s1. The SMILES string of the molecule is CC(=O)Nc1c(I)c(NC(C)=O)c(I)c(C(=O)O)c1I.O=C[C@H](O)[C@@H](O)[C@H](O)[C@H](O)CO. The lowest BCUT2D eigenvalue weighted by atomic mass is 10.0. The smallest absolute Gasteiger partial charge is 0.338 e. The van der Waals surface area contributed by atoms with Gasteiger partial charge in [-0.15, -0.1) is 0 Å². The second-order valence-electron chi connectivity index (χ2n) is 6.09. The lowest BCUT2D eigenvalue weighted by Crippen LogP contribution is -2.46. The zero-order valence-corrected chi connectivity index (χ0v) is 23.0. The van der Waals surface area contributed by atoms with Crippen molar-refractivity contribution in [3.8, 4) is 0 Å². The highest BCUT2D eigenvalue weighted by molar-refractivity contribution is 14.1. The molecule has 1 aromatic rings. The molecule has 4 atom stereocenters. The first kappa shape index (κ1) is 31.3. The molecule has 0 aromatic heterocycles. The van der Waals surface area contributed by atoms with Crippen LogP contribution in [0.1, 0.15) is 24.2 Å². The van der Waals surface area contributed by atoms with Crippen molar-refractivity contribution >= 4 is 103 Å². The van der Waals surface area contributed by atoms with Gasteiger partial charge in [0, 0.05) is 13.8 Å². The summed E-state index contributed by atoms with van der Waals surface area (Å²) >= 11 is 5.71. The maximum absolute atomic E-state index is 11.4. The van der Waals surface area contributed by atoms with Gasteiger partial charge in [-0.25, -0.2) is 4.79 Å². The normalized spacial score (nSPS) is 14.2. The summed E-state index contributed by atoms with van der Waals surface area (Å²) in [6.45, 7) is 1.91. The number of amides is 2. The van der Waals surface area contributed by atoms with Crippen molar-refractivity contribution in [1.29, 1.82) is 0 Å². The molecule has 0 fully saturated rings. The van der Waals surface area contributed by atoms with Crippen LogP contribution >= 0.6 is 67.8 Å². The first-order valence-electron chi connectivity index (χ1n) is 8.48. The number of rotatable bonds is 8. The van der Waals surface area contributed by atoms with Crippen molar-refractivity contribution in [2.24, 2.45) is 0 Å². The van der Waals surface area contributed by atoms with Crippen LogP contribution < -0.4 is 10.6 Å². The van der Waals surface area contributed by atoms with Crippen LogP contribution in [0.2, 0.25) is 0 Å². The molecular formula is C17H21I3N2O10. The number of carbonyl (C=O) groups excluding carboxylic acids is 3. The molecule has 180 valence electrons. The molecule has 0 aliphatic rings. The molecule has 0 spiro atoms. The Hall–Kier alpha value is -0.710. The van der Waals surface area contributed by atoms with Gasteiger partial charge in [0.25, 0.3) is 0 Å². The van der Waals surface area contributed by atoms with Gasteiger partial charge >= 0.3 is 5.97 Å². The molecule has 0 saturated heterocycles. The summed E-state index contributed by atoms with van der Waals surface area (Å²) in [5, 5.41) is 58.1. The number of halogens is 3. The third-order valence-corrected chi connectivity index (χ3v) is 6.79. The van der Waals surface area contributed by atoms with Gasteiger partial charge in [0.15, 0.2) is 6.29 Å². The summed E-state index contributed by atoms with van der Waals surface area (Å²) < 4.78 is 1.44. The van der Waals surface area contributed by atoms with Gasteiger partial charge < -0.3 is 46.1 Å². The highest BCUT2D eigenvalue weighted by atomic mass is 127. The van der Waals surface area contributed by atoms with Gasteiger partial charge in [-0.3, -0.25) is 9.59 Å². The number of anilines is 2. The topological polar surface area (TPSA) is 214 Å². The molecule has 15 heteroatoms. The summed E-state index contributed by atoms with van der Waals surface area (Å²) in [5.41, 5.74) is 0.833. The van der Waals surface area contributed by atoms with Crippen LogP contribution in [-0.4, -0.2) is 85.7 Å². The van der Waals surface area contributed by atoms with E-state index in [0.717, 1.165) is 0 Å². The average Bonchev–Trinajstić information content (AvgIpc) is 2.71. The minimum Gasteiger partial charge on any atom is -0.478 e. The number of benzene rings is 1. The van der Waals surface area contributed by atoms with E-state index >= 15 is 0 Å². The van der Waals surface area contributed by atoms with E-state index < -0.39 is 37.0 Å². The Labute approximate surface area is 223 Å². The van der Waals surface area contributed by atoms with Gasteiger partial charge in [0.1, 0.15) is 24.4 Å². The van der Waals surface area contributed by atoms with E-state index in [1.54, 1.807) is 0 Å². The molecule has 0 aliphatic carbocycles. The van der Waals surface area contributed by atoms with Gasteiger partial charge in [-0.05, 0) is 67.8 Å². The number of carboxylic acids is 1. The number of hydrogen-bond acceptors (Lipinski definition) is 9. The van der Waals surface area contributed by atoms with Gasteiger partial charge in [-0.1, -0.05) is 0 Å². The third-order valence-electron chi connectivity index (χ3n) is 3.55. The fraction of sp³-hybridized carbons (Fsp3) is 0.412. The Morgan fingerprint density at radius 2 is 1.28 bits per heavy atom. The number of nitrogens with one attached hydrogen (secondary N) is 2. The van der Waals surface area contributed by atoms with Crippen LogP contribution in [0.4, 0.5) is 11.4 Å². The molecule has 2 amide bonds. The predicted octanol–water partition coefficient (Wildman–Crippen LogP) is -0.263. The summed E-state index contributed by atoms with van der Waals surface area (Å²) in [6.07, 6.45) is -6.84. The van der Waals surface area contributed by atoms with E-state index in [1.165, 1.54) is 13.8 Å². The highest BCUT2D eigenvalue weighted by Gasteiger charge is 2.29. The van der Waals surface area contributed by atoms with Crippen LogP contribution in [0.25, 0.3) is 0 Å². The van der Waals surface area contributed by atoms with E-state index in [1.807, 2.05) is 67.8 Å². The second kappa shape index (κ2) is 14.5. The summed E-state index contributed by atoms with van der Waals surface area (Å²) in [7, 11) is 0. The number of aromatic carboxylic acids is 1. The largest absolute Gasteiger partial charge is 0.478 e. The zero-order valence-electron chi connectivity index (χ0n) is 16.5. The number of aliphatic hydroxyl groups is 5. The van der Waals surface area contributed by atoms with E-state index in [0.29, 0.717) is 22.1 Å². The fourth-order valence-corrected chi connectivity index (χ4v) is 6.21. The van der Waals surface area contributed by atoms with E-state index in [9.17, 15) is 24.3 Å². The summed E-state index contributed by atoms with van der Waals surface area (Å²) in [5.74, 6) is -1.74. The van der Waals surface area contributed by atoms with E-state index in [4.69, 9.17) is 25.5 Å². The molecule has 1 aromatic carbocycles. The van der Waals surface area contributed by atoms with Crippen molar-refractivity contribution in [2.75, 3.05) is 17.2 Å². The van der Waals surface area contributed by atoms with Gasteiger partial charge in [0.2, 0.25) is 11.8 Å². The molecule has 0 radical (unpaired) electrons. The van der Waals surface area contributed by atoms with Crippen molar-refractivity contribution in [1.82, 2.24) is 0 Å². The summed E-state index contributed by atoms with van der Waals surface area (Å²) in [6, 6.07) is 0. The predicted molar refractivity (Wildman–Crippen MR) is 137 cm³/mol. The van der Waals surface area contributed by atoms with Crippen molar-refractivity contribution in [2.45, 2.75) is 38.3 Å². The maximum atomic E-state index is 11.4. The maximum Gasteiger partial charge on any atom is 0.338 e. The molecule has 0 bridgehead atoms. The molecule has 0 saturated carbocycles. The molecule has 0 aliphatic heterocycles. The molecule has 8 N–H and O–H groups in total. The minimum atomic E-state index is -1.79. The minimum absolute atomic E-state index is 0.0258. The molecule has 1 rings (SSSR count). The van der Waals surface area contributed by atoms with Crippen molar-refractivity contribution < 1.29 is 49.8 Å². The average molecular weight is 794 g/mol. The van der Waals surface area contributed by atoms with Crippen LogP contribution in [0, 0.1) is 10.7 Å².